The maximum atomic E-state index is 12.5. The zero-order valence-electron chi connectivity index (χ0n) is 14.4. The Morgan fingerprint density at radius 2 is 1.64 bits per heavy atom. The molecule has 1 N–H and O–H groups in total. The molecule has 0 saturated heterocycles. The summed E-state index contributed by atoms with van der Waals surface area (Å²) in [5, 5.41) is 2.20. The van der Waals surface area contributed by atoms with Gasteiger partial charge in [0.05, 0.1) is 11.7 Å². The molecule has 4 rings (SSSR count). The number of ketones is 1. The molecule has 0 bridgehead atoms. The zero-order valence-corrected chi connectivity index (χ0v) is 14.4. The number of nitrogens with one attached hydrogen (secondary N) is 1. The zero-order chi connectivity index (χ0) is 17.2. The van der Waals surface area contributed by atoms with E-state index in [1.54, 1.807) is 0 Å². The van der Waals surface area contributed by atoms with E-state index in [4.69, 9.17) is 0 Å². The lowest BCUT2D eigenvalue weighted by Crippen LogP contribution is -2.39. The van der Waals surface area contributed by atoms with Crippen LogP contribution in [0.3, 0.4) is 0 Å². The average Bonchev–Trinajstić information content (AvgIpc) is 2.64. The minimum atomic E-state index is 0.0889. The SMILES string of the molecule is CC1=CC2=C(CCCC2=O)N(Nc2ccccc2)C1c1ccccc1. The summed E-state index contributed by atoms with van der Waals surface area (Å²) in [6, 6.07) is 20.7. The highest BCUT2D eigenvalue weighted by molar-refractivity contribution is 6.00. The van der Waals surface area contributed by atoms with Crippen molar-refractivity contribution in [1.29, 1.82) is 0 Å². The van der Waals surface area contributed by atoms with E-state index in [9.17, 15) is 4.79 Å². The highest BCUT2D eigenvalue weighted by Crippen LogP contribution is 2.41. The molecule has 0 aromatic heterocycles. The van der Waals surface area contributed by atoms with Crippen molar-refractivity contribution in [2.45, 2.75) is 32.2 Å². The molecule has 25 heavy (non-hydrogen) atoms. The van der Waals surface area contributed by atoms with Gasteiger partial charge in [-0.25, -0.2) is 0 Å². The van der Waals surface area contributed by atoms with Gasteiger partial charge in [-0.15, -0.1) is 0 Å². The first kappa shape index (κ1) is 15.7. The van der Waals surface area contributed by atoms with Crippen LogP contribution in [0.2, 0.25) is 0 Å². The molecule has 2 aromatic carbocycles. The van der Waals surface area contributed by atoms with E-state index in [2.05, 4.69) is 59.8 Å². The van der Waals surface area contributed by atoms with Gasteiger partial charge in [-0.3, -0.25) is 15.2 Å². The molecule has 126 valence electrons. The van der Waals surface area contributed by atoms with Gasteiger partial charge in [-0.1, -0.05) is 48.5 Å². The Balaban J connectivity index is 1.80. The number of para-hydroxylation sites is 1. The molecule has 0 amide bonds. The number of hydrogen-bond donors (Lipinski definition) is 1. The van der Waals surface area contributed by atoms with E-state index in [1.165, 1.54) is 11.1 Å². The van der Waals surface area contributed by atoms with Crippen LogP contribution in [-0.2, 0) is 4.79 Å². The van der Waals surface area contributed by atoms with Gasteiger partial charge in [0, 0.05) is 17.7 Å². The van der Waals surface area contributed by atoms with Crippen molar-refractivity contribution in [3.8, 4) is 0 Å². The second kappa shape index (κ2) is 6.60. The number of rotatable bonds is 3. The van der Waals surface area contributed by atoms with Crippen LogP contribution in [0, 0.1) is 0 Å². The van der Waals surface area contributed by atoms with Crippen molar-refractivity contribution in [2.24, 2.45) is 0 Å². The number of carbonyl (C=O) groups is 1. The van der Waals surface area contributed by atoms with Gasteiger partial charge in [-0.05, 0) is 49.1 Å². The predicted molar refractivity (Wildman–Crippen MR) is 101 cm³/mol. The third-order valence-corrected chi connectivity index (χ3v) is 4.92. The summed E-state index contributed by atoms with van der Waals surface area (Å²) in [7, 11) is 0. The minimum absolute atomic E-state index is 0.0889. The molecule has 0 spiro atoms. The maximum absolute atomic E-state index is 12.5. The summed E-state index contributed by atoms with van der Waals surface area (Å²) in [4.78, 5) is 12.5. The Kier molecular flexibility index (Phi) is 4.14. The predicted octanol–water partition coefficient (Wildman–Crippen LogP) is 5.02. The van der Waals surface area contributed by atoms with Crippen molar-refractivity contribution >= 4 is 11.5 Å². The van der Waals surface area contributed by atoms with Gasteiger partial charge >= 0.3 is 0 Å². The van der Waals surface area contributed by atoms with Crippen LogP contribution in [0.5, 0.6) is 0 Å². The summed E-state index contributed by atoms with van der Waals surface area (Å²) < 4.78 is 0. The number of nitrogens with zero attached hydrogens (tertiary/aromatic N) is 1. The number of allylic oxidation sites excluding steroid dienone is 3. The van der Waals surface area contributed by atoms with Crippen molar-refractivity contribution in [3.63, 3.8) is 0 Å². The molecule has 0 fully saturated rings. The van der Waals surface area contributed by atoms with Gasteiger partial charge < -0.3 is 0 Å². The highest BCUT2D eigenvalue weighted by Gasteiger charge is 2.33. The van der Waals surface area contributed by atoms with Crippen LogP contribution in [-0.4, -0.2) is 10.8 Å². The van der Waals surface area contributed by atoms with Crippen LogP contribution < -0.4 is 5.43 Å². The third kappa shape index (κ3) is 2.98. The molecule has 2 aliphatic rings. The lowest BCUT2D eigenvalue weighted by Gasteiger charge is -2.42. The molecule has 0 radical (unpaired) electrons. The first-order valence-corrected chi connectivity index (χ1v) is 8.84. The summed E-state index contributed by atoms with van der Waals surface area (Å²) in [6.45, 7) is 2.11. The van der Waals surface area contributed by atoms with E-state index >= 15 is 0 Å². The van der Waals surface area contributed by atoms with Crippen LogP contribution in [0.1, 0.15) is 37.8 Å². The number of benzene rings is 2. The lowest BCUT2D eigenvalue weighted by atomic mass is 9.86. The number of carbonyl (C=O) groups excluding carboxylic acids is 1. The standard InChI is InChI=1S/C22H22N2O/c1-16-15-19-20(13-8-14-21(19)25)24(23-18-11-6-3-7-12-18)22(16)17-9-4-2-5-10-17/h2-7,9-12,15,22-23H,8,13-14H2,1H3. The van der Waals surface area contributed by atoms with Crippen molar-refractivity contribution < 1.29 is 4.79 Å². The quantitative estimate of drug-likeness (QED) is 0.857. The second-order valence-electron chi connectivity index (χ2n) is 6.69. The van der Waals surface area contributed by atoms with Gasteiger partial charge in [0.25, 0.3) is 0 Å². The summed E-state index contributed by atoms with van der Waals surface area (Å²) in [5.74, 6) is 0.256. The van der Waals surface area contributed by atoms with E-state index in [0.29, 0.717) is 6.42 Å². The Bertz CT molecular complexity index is 837. The number of Topliss-reactive ketones (excluding diaryl/α,β-unsaturated/α-hetero) is 1. The molecular weight excluding hydrogens is 308 g/mol. The van der Waals surface area contributed by atoms with E-state index in [-0.39, 0.29) is 11.8 Å². The lowest BCUT2D eigenvalue weighted by molar-refractivity contribution is -0.116. The molecule has 1 heterocycles. The maximum Gasteiger partial charge on any atom is 0.164 e. The molecule has 3 nitrogen and oxygen atoms in total. The molecule has 3 heteroatoms. The molecule has 0 saturated carbocycles. The van der Waals surface area contributed by atoms with Crippen LogP contribution in [0.25, 0.3) is 0 Å². The highest BCUT2D eigenvalue weighted by atomic mass is 16.1. The number of anilines is 1. The largest absolute Gasteiger partial charge is 0.298 e. The topological polar surface area (TPSA) is 32.3 Å². The number of hydrazine groups is 1. The summed E-state index contributed by atoms with van der Waals surface area (Å²) in [5.41, 5.74) is 8.99. The Morgan fingerprint density at radius 3 is 2.36 bits per heavy atom. The Labute approximate surface area is 148 Å². The number of hydrogen-bond acceptors (Lipinski definition) is 3. The Morgan fingerprint density at radius 1 is 0.960 bits per heavy atom. The minimum Gasteiger partial charge on any atom is -0.298 e. The van der Waals surface area contributed by atoms with Crippen LogP contribution >= 0.6 is 0 Å². The molecule has 1 aliphatic carbocycles. The molecule has 2 aromatic rings. The van der Waals surface area contributed by atoms with Gasteiger partial charge in [-0.2, -0.15) is 0 Å². The second-order valence-corrected chi connectivity index (χ2v) is 6.69. The van der Waals surface area contributed by atoms with Crippen molar-refractivity contribution in [3.05, 3.63) is 89.1 Å². The fourth-order valence-corrected chi connectivity index (χ4v) is 3.76. The van der Waals surface area contributed by atoms with Gasteiger partial charge in [0.15, 0.2) is 5.78 Å². The molecular formula is C22H22N2O. The van der Waals surface area contributed by atoms with Gasteiger partial charge in [0.1, 0.15) is 0 Å². The molecule has 1 aliphatic heterocycles. The van der Waals surface area contributed by atoms with Crippen LogP contribution in [0.4, 0.5) is 5.69 Å². The van der Waals surface area contributed by atoms with Gasteiger partial charge in [0.2, 0.25) is 0 Å². The Hall–Kier alpha value is -2.81. The first-order chi connectivity index (χ1) is 12.2. The average molecular weight is 330 g/mol. The normalized spacial score (nSPS) is 20.2. The first-order valence-electron chi connectivity index (χ1n) is 8.84. The van der Waals surface area contributed by atoms with E-state index < -0.39 is 0 Å². The monoisotopic (exact) mass is 330 g/mol. The fraction of sp³-hybridized carbons (Fsp3) is 0.227. The molecule has 1 unspecified atom stereocenters. The smallest absolute Gasteiger partial charge is 0.164 e. The van der Waals surface area contributed by atoms with Crippen molar-refractivity contribution in [2.75, 3.05) is 5.43 Å². The van der Waals surface area contributed by atoms with E-state index in [0.717, 1.165) is 29.8 Å². The third-order valence-electron chi connectivity index (χ3n) is 4.92. The molecule has 1 atom stereocenters. The van der Waals surface area contributed by atoms with Crippen LogP contribution in [0.15, 0.2) is 83.6 Å². The summed E-state index contributed by atoms with van der Waals surface area (Å²) >= 11 is 0. The van der Waals surface area contributed by atoms with Crippen molar-refractivity contribution in [1.82, 2.24) is 5.01 Å². The summed E-state index contributed by atoms with van der Waals surface area (Å²) in [6.07, 6.45) is 4.59. The fourth-order valence-electron chi connectivity index (χ4n) is 3.76. The van der Waals surface area contributed by atoms with E-state index in [1.807, 2.05) is 24.3 Å².